The van der Waals surface area contributed by atoms with Gasteiger partial charge in [0.25, 0.3) is 0 Å². The third-order valence-electron chi connectivity index (χ3n) is 4.50. The van der Waals surface area contributed by atoms with E-state index in [1.165, 1.54) is 0 Å². The van der Waals surface area contributed by atoms with Gasteiger partial charge in [-0.15, -0.1) is 10.2 Å². The number of carbonyl (C=O) groups is 1. The molecule has 0 aliphatic carbocycles. The minimum absolute atomic E-state index is 0.00553. The average molecular weight is 501 g/mol. The number of aryl methyl sites for hydroxylation is 1. The first kappa shape index (κ1) is 24.7. The molecule has 0 fully saturated rings. The zero-order valence-electron chi connectivity index (χ0n) is 17.9. The van der Waals surface area contributed by atoms with E-state index in [0.29, 0.717) is 22.5 Å². The lowest BCUT2D eigenvalue weighted by Crippen LogP contribution is -2.16. The van der Waals surface area contributed by atoms with E-state index in [4.69, 9.17) is 21.1 Å². The maximum Gasteiger partial charge on any atom is 0.416 e. The van der Waals surface area contributed by atoms with Crippen LogP contribution in [0.4, 0.5) is 18.9 Å². The van der Waals surface area contributed by atoms with Gasteiger partial charge in [0.1, 0.15) is 6.61 Å². The SMILES string of the molecule is COc1cc(C)ccc1OCc1nnc(SCC(=O)Nc2cc(C(F)(F)F)ccc2Cl)n1C. The van der Waals surface area contributed by atoms with Gasteiger partial charge >= 0.3 is 6.18 Å². The van der Waals surface area contributed by atoms with E-state index in [9.17, 15) is 18.0 Å². The molecule has 3 aromatic rings. The predicted octanol–water partition coefficient (Wildman–Crippen LogP) is 5.11. The second-order valence-corrected chi connectivity index (χ2v) is 8.28. The summed E-state index contributed by atoms with van der Waals surface area (Å²) in [5.41, 5.74) is 0.00966. The fourth-order valence-electron chi connectivity index (χ4n) is 2.75. The Morgan fingerprint density at radius 3 is 2.64 bits per heavy atom. The number of halogens is 4. The molecule has 12 heteroatoms. The molecule has 33 heavy (non-hydrogen) atoms. The van der Waals surface area contributed by atoms with Crippen LogP contribution in [0.25, 0.3) is 0 Å². The van der Waals surface area contributed by atoms with Crippen molar-refractivity contribution in [1.82, 2.24) is 14.8 Å². The van der Waals surface area contributed by atoms with Gasteiger partial charge in [-0.2, -0.15) is 13.2 Å². The summed E-state index contributed by atoms with van der Waals surface area (Å²) >= 11 is 6.99. The van der Waals surface area contributed by atoms with Gasteiger partial charge in [-0.25, -0.2) is 0 Å². The molecule has 0 atom stereocenters. The van der Waals surface area contributed by atoms with Crippen molar-refractivity contribution in [3.63, 3.8) is 0 Å². The highest BCUT2D eigenvalue weighted by Gasteiger charge is 2.31. The minimum atomic E-state index is -4.54. The molecule has 0 spiro atoms. The Hall–Kier alpha value is -2.92. The standard InChI is InChI=1S/C21H20ClF3N4O3S/c1-12-4-7-16(17(8-12)31-3)32-10-18-27-28-20(29(18)2)33-11-19(30)26-15-9-13(21(23,24)25)5-6-14(15)22/h4-9H,10-11H2,1-3H3,(H,26,30). The zero-order valence-corrected chi connectivity index (χ0v) is 19.4. The number of methoxy groups -OCH3 is 1. The maximum absolute atomic E-state index is 12.9. The van der Waals surface area contributed by atoms with E-state index in [1.807, 2.05) is 19.1 Å². The lowest BCUT2D eigenvalue weighted by molar-refractivity contribution is -0.137. The monoisotopic (exact) mass is 500 g/mol. The number of benzene rings is 2. The number of thioether (sulfide) groups is 1. The Bertz CT molecular complexity index is 1150. The highest BCUT2D eigenvalue weighted by molar-refractivity contribution is 7.99. The van der Waals surface area contributed by atoms with E-state index in [1.54, 1.807) is 24.8 Å². The summed E-state index contributed by atoms with van der Waals surface area (Å²) < 4.78 is 51.4. The molecule has 0 unspecified atom stereocenters. The predicted molar refractivity (Wildman–Crippen MR) is 119 cm³/mol. The molecular formula is C21H20ClF3N4O3S. The number of anilines is 1. The molecular weight excluding hydrogens is 481 g/mol. The summed E-state index contributed by atoms with van der Waals surface area (Å²) in [6.45, 7) is 2.06. The number of amides is 1. The second-order valence-electron chi connectivity index (χ2n) is 6.93. The third kappa shape index (κ3) is 6.32. The number of rotatable bonds is 8. The van der Waals surface area contributed by atoms with Crippen molar-refractivity contribution >= 4 is 35.0 Å². The van der Waals surface area contributed by atoms with Gasteiger partial charge in [-0.05, 0) is 42.8 Å². The normalized spacial score (nSPS) is 11.4. The van der Waals surface area contributed by atoms with Crippen molar-refractivity contribution in [1.29, 1.82) is 0 Å². The van der Waals surface area contributed by atoms with Crippen molar-refractivity contribution in [2.45, 2.75) is 24.9 Å². The highest BCUT2D eigenvalue weighted by Crippen LogP contribution is 2.34. The number of hydrogen-bond donors (Lipinski definition) is 1. The highest BCUT2D eigenvalue weighted by atomic mass is 35.5. The van der Waals surface area contributed by atoms with Gasteiger partial charge in [0.05, 0.1) is 29.1 Å². The van der Waals surface area contributed by atoms with Crippen molar-refractivity contribution < 1.29 is 27.4 Å². The van der Waals surface area contributed by atoms with Gasteiger partial charge in [0.2, 0.25) is 5.91 Å². The van der Waals surface area contributed by atoms with Gasteiger partial charge in [-0.1, -0.05) is 29.4 Å². The van der Waals surface area contributed by atoms with Crippen molar-refractivity contribution in [3.05, 3.63) is 58.4 Å². The smallest absolute Gasteiger partial charge is 0.416 e. The van der Waals surface area contributed by atoms with Crippen LogP contribution in [-0.4, -0.2) is 33.5 Å². The number of alkyl halides is 3. The molecule has 1 heterocycles. The molecule has 0 saturated carbocycles. The van der Waals surface area contributed by atoms with Crippen LogP contribution < -0.4 is 14.8 Å². The van der Waals surface area contributed by atoms with E-state index in [2.05, 4.69) is 15.5 Å². The Kier molecular flexibility index (Phi) is 7.75. The summed E-state index contributed by atoms with van der Waals surface area (Å²) in [6, 6.07) is 8.27. The van der Waals surface area contributed by atoms with E-state index >= 15 is 0 Å². The van der Waals surface area contributed by atoms with Crippen LogP contribution in [0.3, 0.4) is 0 Å². The summed E-state index contributed by atoms with van der Waals surface area (Å²) in [6.07, 6.45) is -4.54. The average Bonchev–Trinajstić information content (AvgIpc) is 3.11. The Labute approximate surface area is 197 Å². The molecule has 2 aromatic carbocycles. The van der Waals surface area contributed by atoms with Gasteiger partial charge < -0.3 is 19.4 Å². The molecule has 0 radical (unpaired) electrons. The first-order valence-electron chi connectivity index (χ1n) is 9.53. The molecule has 3 rings (SSSR count). The van der Waals surface area contributed by atoms with Crippen LogP contribution in [0, 0.1) is 6.92 Å². The van der Waals surface area contributed by atoms with Gasteiger partial charge in [-0.3, -0.25) is 4.79 Å². The van der Waals surface area contributed by atoms with E-state index in [0.717, 1.165) is 35.5 Å². The lowest BCUT2D eigenvalue weighted by Gasteiger charge is -2.12. The number of carbonyl (C=O) groups excluding carboxylic acids is 1. The number of aromatic nitrogens is 3. The Balaban J connectivity index is 1.59. The summed E-state index contributed by atoms with van der Waals surface area (Å²) in [5, 5.41) is 10.9. The number of ether oxygens (including phenoxy) is 2. The Morgan fingerprint density at radius 2 is 1.94 bits per heavy atom. The summed E-state index contributed by atoms with van der Waals surface area (Å²) in [7, 11) is 3.27. The minimum Gasteiger partial charge on any atom is -0.493 e. The fraction of sp³-hybridized carbons (Fsp3) is 0.286. The van der Waals surface area contributed by atoms with E-state index < -0.39 is 17.6 Å². The second kappa shape index (κ2) is 10.3. The molecule has 0 bridgehead atoms. The topological polar surface area (TPSA) is 78.3 Å². The summed E-state index contributed by atoms with van der Waals surface area (Å²) in [4.78, 5) is 12.3. The van der Waals surface area contributed by atoms with Crippen LogP contribution in [-0.2, 0) is 24.6 Å². The van der Waals surface area contributed by atoms with Crippen LogP contribution in [0.1, 0.15) is 17.0 Å². The summed E-state index contributed by atoms with van der Waals surface area (Å²) in [5.74, 6) is 1.02. The lowest BCUT2D eigenvalue weighted by atomic mass is 10.2. The Morgan fingerprint density at radius 1 is 1.18 bits per heavy atom. The molecule has 1 amide bonds. The number of hydrogen-bond acceptors (Lipinski definition) is 6. The fourth-order valence-corrected chi connectivity index (χ4v) is 3.64. The molecule has 1 aromatic heterocycles. The van der Waals surface area contributed by atoms with Crippen molar-refractivity contribution in [3.8, 4) is 11.5 Å². The van der Waals surface area contributed by atoms with Gasteiger partial charge in [0.15, 0.2) is 22.5 Å². The van der Waals surface area contributed by atoms with Crippen LogP contribution in [0.2, 0.25) is 5.02 Å². The molecule has 176 valence electrons. The zero-order chi connectivity index (χ0) is 24.2. The third-order valence-corrected chi connectivity index (χ3v) is 5.85. The molecule has 1 N–H and O–H groups in total. The molecule has 7 nitrogen and oxygen atoms in total. The first-order valence-corrected chi connectivity index (χ1v) is 10.9. The van der Waals surface area contributed by atoms with Crippen LogP contribution in [0.15, 0.2) is 41.6 Å². The van der Waals surface area contributed by atoms with Gasteiger partial charge in [0, 0.05) is 7.05 Å². The maximum atomic E-state index is 12.9. The quantitative estimate of drug-likeness (QED) is 0.433. The number of nitrogens with one attached hydrogen (secondary N) is 1. The molecule has 0 saturated heterocycles. The van der Waals surface area contributed by atoms with E-state index in [-0.39, 0.29) is 23.1 Å². The van der Waals surface area contributed by atoms with Crippen LogP contribution >= 0.6 is 23.4 Å². The van der Waals surface area contributed by atoms with Crippen molar-refractivity contribution in [2.75, 3.05) is 18.2 Å². The first-order chi connectivity index (χ1) is 15.6. The molecule has 0 aliphatic heterocycles. The van der Waals surface area contributed by atoms with Crippen LogP contribution in [0.5, 0.6) is 11.5 Å². The largest absolute Gasteiger partial charge is 0.493 e. The number of nitrogens with zero attached hydrogens (tertiary/aromatic N) is 3. The molecule has 0 aliphatic rings. The van der Waals surface area contributed by atoms with Crippen molar-refractivity contribution in [2.24, 2.45) is 7.05 Å².